The molecule has 2 N–H and O–H groups in total. The highest BCUT2D eigenvalue weighted by molar-refractivity contribution is 5.56. The molecule has 0 fully saturated rings. The van der Waals surface area contributed by atoms with Crippen LogP contribution < -0.4 is 24.0 Å². The van der Waals surface area contributed by atoms with Gasteiger partial charge in [0.25, 0.3) is 0 Å². The van der Waals surface area contributed by atoms with Gasteiger partial charge in [0.2, 0.25) is 0 Å². The molecule has 0 aromatic heterocycles. The maximum atomic E-state index is 9.77. The number of rotatable bonds is 8. The van der Waals surface area contributed by atoms with Gasteiger partial charge in [0.05, 0.1) is 0 Å². The van der Waals surface area contributed by atoms with Crippen LogP contribution in [-0.4, -0.2) is 23.7 Å². The molecule has 2 aliphatic rings. The number of ether oxygens (including phenoxy) is 3. The van der Waals surface area contributed by atoms with E-state index in [9.17, 15) is 10.2 Å². The average Bonchev–Trinajstić information content (AvgIpc) is 3.18. The van der Waals surface area contributed by atoms with E-state index in [2.05, 4.69) is 98.2 Å². The normalized spacial score (nSPS) is 14.1. The van der Waals surface area contributed by atoms with Crippen LogP contribution in [0.4, 0.5) is 11.4 Å². The van der Waals surface area contributed by atoms with Crippen LogP contribution >= 0.6 is 0 Å². The fourth-order valence-corrected chi connectivity index (χ4v) is 7.27. The summed E-state index contributed by atoms with van der Waals surface area (Å²) in [5, 5.41) is 19.5. The Labute approximate surface area is 311 Å². The quantitative estimate of drug-likeness (QED) is 0.163. The highest BCUT2D eigenvalue weighted by Gasteiger charge is 2.28. The summed E-state index contributed by atoms with van der Waals surface area (Å²) in [5.74, 6) is 3.89. The van der Waals surface area contributed by atoms with Crippen LogP contribution in [0, 0.1) is 0 Å². The number of benzene rings is 6. The SMILES string of the molecule is CC(C)(c1ccc(O)cc1)c1ccc2c(c1)CN(c1ccc(Oc3ccc(N4COc5ccc(C(C)(C)c6ccc(O)cc6)cc5C4)cc3)cc1)CO2. The maximum absolute atomic E-state index is 9.77. The van der Waals surface area contributed by atoms with Crippen molar-refractivity contribution in [3.8, 4) is 34.5 Å². The van der Waals surface area contributed by atoms with E-state index in [-0.39, 0.29) is 22.3 Å². The zero-order chi connectivity index (χ0) is 36.7. The predicted molar refractivity (Wildman–Crippen MR) is 210 cm³/mol. The van der Waals surface area contributed by atoms with Crippen LogP contribution in [0.25, 0.3) is 0 Å². The first-order valence-corrected chi connectivity index (χ1v) is 18.0. The Bertz CT molecular complexity index is 2070. The molecular formula is C46H44N2O5. The number of phenolic OH excluding ortho intramolecular Hbond substituents is 2. The summed E-state index contributed by atoms with van der Waals surface area (Å²) in [5.41, 5.74) is 8.61. The van der Waals surface area contributed by atoms with E-state index in [1.807, 2.05) is 48.5 Å². The van der Waals surface area contributed by atoms with Crippen molar-refractivity contribution in [1.29, 1.82) is 0 Å². The van der Waals surface area contributed by atoms with Gasteiger partial charge in [-0.1, -0.05) is 64.1 Å². The van der Waals surface area contributed by atoms with Crippen molar-refractivity contribution < 1.29 is 24.4 Å². The lowest BCUT2D eigenvalue weighted by Gasteiger charge is -2.33. The zero-order valence-electron chi connectivity index (χ0n) is 30.5. The second kappa shape index (κ2) is 13.5. The number of fused-ring (bicyclic) bond motifs is 2. The van der Waals surface area contributed by atoms with E-state index in [0.29, 0.717) is 13.5 Å². The van der Waals surface area contributed by atoms with Crippen molar-refractivity contribution >= 4 is 11.4 Å². The lowest BCUT2D eigenvalue weighted by Crippen LogP contribution is -2.32. The Balaban J connectivity index is 0.907. The Morgan fingerprint density at radius 2 is 0.830 bits per heavy atom. The highest BCUT2D eigenvalue weighted by Crippen LogP contribution is 2.39. The van der Waals surface area contributed by atoms with Crippen molar-refractivity contribution in [3.63, 3.8) is 0 Å². The molecule has 0 saturated heterocycles. The van der Waals surface area contributed by atoms with Gasteiger partial charge in [0, 0.05) is 46.4 Å². The van der Waals surface area contributed by atoms with Gasteiger partial charge in [-0.3, -0.25) is 0 Å². The minimum absolute atomic E-state index is 0.229. The van der Waals surface area contributed by atoms with Crippen LogP contribution in [0.15, 0.2) is 133 Å². The highest BCUT2D eigenvalue weighted by atomic mass is 16.5. The number of hydrogen-bond donors (Lipinski definition) is 2. The van der Waals surface area contributed by atoms with Gasteiger partial charge < -0.3 is 34.2 Å². The van der Waals surface area contributed by atoms with E-state index >= 15 is 0 Å². The smallest absolute Gasteiger partial charge is 0.161 e. The second-order valence-electron chi connectivity index (χ2n) is 15.0. The number of anilines is 2. The molecule has 6 aromatic carbocycles. The molecule has 0 spiro atoms. The third-order valence-corrected chi connectivity index (χ3v) is 10.9. The number of nitrogens with zero attached hydrogens (tertiary/aromatic N) is 2. The van der Waals surface area contributed by atoms with E-state index < -0.39 is 0 Å². The Morgan fingerprint density at radius 3 is 1.21 bits per heavy atom. The average molecular weight is 705 g/mol. The first-order chi connectivity index (χ1) is 25.5. The van der Waals surface area contributed by atoms with Crippen LogP contribution in [0.2, 0.25) is 0 Å². The van der Waals surface area contributed by atoms with E-state index in [1.54, 1.807) is 24.3 Å². The molecule has 7 heteroatoms. The fraction of sp³-hybridized carbons (Fsp3) is 0.217. The summed E-state index contributed by atoms with van der Waals surface area (Å²) >= 11 is 0. The molecule has 0 unspecified atom stereocenters. The number of hydrogen-bond acceptors (Lipinski definition) is 7. The van der Waals surface area contributed by atoms with Crippen molar-refractivity contribution in [3.05, 3.63) is 167 Å². The van der Waals surface area contributed by atoms with Gasteiger partial charge in [-0.2, -0.15) is 0 Å². The van der Waals surface area contributed by atoms with Crippen LogP contribution in [0.1, 0.15) is 61.1 Å². The molecule has 53 heavy (non-hydrogen) atoms. The van der Waals surface area contributed by atoms with Crippen molar-refractivity contribution in [2.24, 2.45) is 0 Å². The third kappa shape index (κ3) is 6.83. The topological polar surface area (TPSA) is 74.6 Å². The Kier molecular flexibility index (Phi) is 8.65. The lowest BCUT2D eigenvalue weighted by molar-refractivity contribution is 0.289. The molecular weight excluding hydrogens is 661 g/mol. The van der Waals surface area contributed by atoms with Crippen molar-refractivity contribution in [2.75, 3.05) is 23.3 Å². The molecule has 8 rings (SSSR count). The molecule has 7 nitrogen and oxygen atoms in total. The van der Waals surface area contributed by atoms with Gasteiger partial charge in [-0.25, -0.2) is 0 Å². The molecule has 0 amide bonds. The summed E-state index contributed by atoms with van der Waals surface area (Å²) in [6.07, 6.45) is 0. The minimum Gasteiger partial charge on any atom is -0.508 e. The molecule has 6 aromatic rings. The first-order valence-electron chi connectivity index (χ1n) is 18.0. The lowest BCUT2D eigenvalue weighted by atomic mass is 9.77. The molecule has 0 aliphatic carbocycles. The Hall–Kier alpha value is -6.08. The van der Waals surface area contributed by atoms with Gasteiger partial charge >= 0.3 is 0 Å². The van der Waals surface area contributed by atoms with Crippen molar-refractivity contribution in [1.82, 2.24) is 0 Å². The summed E-state index contributed by atoms with van der Waals surface area (Å²) < 4.78 is 18.6. The van der Waals surface area contributed by atoms with Gasteiger partial charge in [-0.15, -0.1) is 0 Å². The Morgan fingerprint density at radius 1 is 0.472 bits per heavy atom. The summed E-state index contributed by atoms with van der Waals surface area (Å²) in [6, 6.07) is 44.1. The monoisotopic (exact) mass is 704 g/mol. The van der Waals surface area contributed by atoms with Gasteiger partial charge in [0.15, 0.2) is 13.5 Å². The fourth-order valence-electron chi connectivity index (χ4n) is 7.27. The minimum atomic E-state index is -0.229. The second-order valence-corrected chi connectivity index (χ2v) is 15.0. The molecule has 0 saturated carbocycles. The first kappa shape index (κ1) is 34.0. The number of phenols is 2. The molecule has 2 aliphatic heterocycles. The molecule has 0 bridgehead atoms. The van der Waals surface area contributed by atoms with Gasteiger partial charge in [-0.05, 0) is 119 Å². The standard InChI is InChI=1S/C46H44N2O5/c1-45(2,33-5-15-39(49)16-6-33)35-9-23-43-31(25-35)27-47(29-51-43)37-11-19-41(20-12-37)53-42-21-13-38(14-22-42)48-28-32-26-36(10-24-44(32)52-30-48)46(3,4)34-7-17-40(50)18-8-34/h5-26,49-50H,27-30H2,1-4H3. The molecule has 2 heterocycles. The van der Waals surface area contributed by atoms with Gasteiger partial charge in [0.1, 0.15) is 34.5 Å². The van der Waals surface area contributed by atoms with Crippen LogP contribution in [0.3, 0.4) is 0 Å². The summed E-state index contributed by atoms with van der Waals surface area (Å²) in [7, 11) is 0. The van der Waals surface area contributed by atoms with E-state index in [0.717, 1.165) is 69.7 Å². The summed E-state index contributed by atoms with van der Waals surface area (Å²) in [4.78, 5) is 4.43. The van der Waals surface area contributed by atoms with Crippen molar-refractivity contribution in [2.45, 2.75) is 51.6 Å². The summed E-state index contributed by atoms with van der Waals surface area (Å²) in [6.45, 7) is 11.2. The largest absolute Gasteiger partial charge is 0.508 e. The number of aromatic hydroxyl groups is 2. The maximum Gasteiger partial charge on any atom is 0.161 e. The van der Waals surface area contributed by atoms with E-state index in [4.69, 9.17) is 14.2 Å². The van der Waals surface area contributed by atoms with E-state index in [1.165, 1.54) is 11.1 Å². The molecule has 0 radical (unpaired) electrons. The molecule has 0 atom stereocenters. The van der Waals surface area contributed by atoms with Crippen LogP contribution in [0.5, 0.6) is 34.5 Å². The molecule has 268 valence electrons. The zero-order valence-corrected chi connectivity index (χ0v) is 30.5. The van der Waals surface area contributed by atoms with Crippen LogP contribution in [-0.2, 0) is 23.9 Å². The third-order valence-electron chi connectivity index (χ3n) is 10.9. The predicted octanol–water partition coefficient (Wildman–Crippen LogP) is 10.3.